The maximum atomic E-state index is 10.1. The second-order valence-electron chi connectivity index (χ2n) is 5.17. The molecule has 3 nitrogen and oxygen atoms in total. The lowest BCUT2D eigenvalue weighted by molar-refractivity contribution is 0.0400. The van der Waals surface area contributed by atoms with E-state index in [1.807, 2.05) is 20.8 Å². The van der Waals surface area contributed by atoms with Crippen LogP contribution in [0.2, 0.25) is 0 Å². The molecule has 0 spiro atoms. The maximum absolute atomic E-state index is 10.1. The molecule has 0 radical (unpaired) electrons. The number of phenolic OH excluding ortho intramolecular Hbond substituents is 1. The van der Waals surface area contributed by atoms with Crippen molar-refractivity contribution in [1.82, 2.24) is 0 Å². The lowest BCUT2D eigenvalue weighted by Gasteiger charge is -2.31. The fourth-order valence-corrected chi connectivity index (χ4v) is 2.72. The van der Waals surface area contributed by atoms with E-state index in [1.54, 1.807) is 12.1 Å². The van der Waals surface area contributed by atoms with Crippen LogP contribution in [0.3, 0.4) is 0 Å². The van der Waals surface area contributed by atoms with Gasteiger partial charge in [0, 0.05) is 0 Å². The molecule has 0 heterocycles. The highest BCUT2D eigenvalue weighted by molar-refractivity contribution is 9.11. The van der Waals surface area contributed by atoms with Gasteiger partial charge in [-0.25, -0.2) is 0 Å². The SMILES string of the molecule is CC(C)(C)[C@@H](O)[C@@H](N)c1cc(Br)c(O)c(Br)c1.Cl. The van der Waals surface area contributed by atoms with Gasteiger partial charge in [0.15, 0.2) is 0 Å². The number of aliphatic hydroxyl groups excluding tert-OH is 1. The van der Waals surface area contributed by atoms with Gasteiger partial charge in [-0.3, -0.25) is 0 Å². The molecule has 104 valence electrons. The topological polar surface area (TPSA) is 66.5 Å². The fourth-order valence-electron chi connectivity index (χ4n) is 1.50. The monoisotopic (exact) mass is 401 g/mol. The first-order valence-corrected chi connectivity index (χ1v) is 6.84. The van der Waals surface area contributed by atoms with Crippen molar-refractivity contribution in [1.29, 1.82) is 0 Å². The van der Waals surface area contributed by atoms with Gasteiger partial charge in [0.2, 0.25) is 0 Å². The first-order chi connectivity index (χ1) is 7.64. The number of nitrogens with two attached hydrogens (primary N) is 1. The summed E-state index contributed by atoms with van der Waals surface area (Å²) < 4.78 is 1.11. The number of benzene rings is 1. The molecule has 0 aliphatic carbocycles. The van der Waals surface area contributed by atoms with Crippen LogP contribution < -0.4 is 5.73 Å². The fraction of sp³-hybridized carbons (Fsp3) is 0.500. The van der Waals surface area contributed by atoms with Crippen molar-refractivity contribution in [2.45, 2.75) is 32.9 Å². The van der Waals surface area contributed by atoms with Crippen molar-refractivity contribution in [3.8, 4) is 5.75 Å². The third-order valence-electron chi connectivity index (χ3n) is 2.65. The number of aliphatic hydroxyl groups is 1. The van der Waals surface area contributed by atoms with Crippen molar-refractivity contribution in [2.75, 3.05) is 0 Å². The molecule has 0 saturated carbocycles. The summed E-state index contributed by atoms with van der Waals surface area (Å²) in [7, 11) is 0. The molecule has 2 atom stereocenters. The molecule has 1 rings (SSSR count). The number of hydrogen-bond donors (Lipinski definition) is 3. The van der Waals surface area contributed by atoms with Gasteiger partial charge in [-0.2, -0.15) is 0 Å². The Morgan fingerprint density at radius 3 is 1.89 bits per heavy atom. The molecule has 1 aromatic rings. The number of phenols is 1. The standard InChI is InChI=1S/C12H17Br2NO2.ClH/c1-12(2,3)11(17)9(15)6-4-7(13)10(16)8(14)5-6;/h4-5,9,11,16-17H,15H2,1-3H3;1H/t9-,11-;/m0./s1. The zero-order valence-electron chi connectivity index (χ0n) is 10.4. The first kappa shape index (κ1) is 18.2. The molecule has 0 saturated heterocycles. The summed E-state index contributed by atoms with van der Waals surface area (Å²) in [6, 6.07) is 2.95. The molecule has 0 bridgehead atoms. The molecule has 0 aliphatic heterocycles. The molecule has 6 heteroatoms. The minimum atomic E-state index is -0.661. The van der Waals surface area contributed by atoms with E-state index in [9.17, 15) is 10.2 Å². The molecular weight excluding hydrogens is 385 g/mol. The molecule has 4 N–H and O–H groups in total. The summed E-state index contributed by atoms with van der Waals surface area (Å²) in [4.78, 5) is 0. The third kappa shape index (κ3) is 4.10. The molecule has 0 fully saturated rings. The van der Waals surface area contributed by atoms with E-state index in [2.05, 4.69) is 31.9 Å². The Hall–Kier alpha value is 0.190. The van der Waals surface area contributed by atoms with Crippen LogP contribution in [-0.4, -0.2) is 16.3 Å². The minimum Gasteiger partial charge on any atom is -0.506 e. The summed E-state index contributed by atoms with van der Waals surface area (Å²) in [5.41, 5.74) is 6.51. The van der Waals surface area contributed by atoms with Crippen molar-refractivity contribution < 1.29 is 10.2 Å². The average Bonchev–Trinajstić information content (AvgIpc) is 2.21. The largest absolute Gasteiger partial charge is 0.506 e. The summed E-state index contributed by atoms with van der Waals surface area (Å²) in [6.45, 7) is 5.80. The molecule has 0 unspecified atom stereocenters. The van der Waals surface area contributed by atoms with Crippen molar-refractivity contribution in [3.05, 3.63) is 26.6 Å². The van der Waals surface area contributed by atoms with Gasteiger partial charge in [0.1, 0.15) is 5.75 Å². The predicted molar refractivity (Wildman–Crippen MR) is 83.1 cm³/mol. The predicted octanol–water partition coefficient (Wildman–Crippen LogP) is 3.75. The quantitative estimate of drug-likeness (QED) is 0.705. The Kier molecular flexibility index (Phi) is 6.64. The van der Waals surface area contributed by atoms with Gasteiger partial charge in [0.25, 0.3) is 0 Å². The Bertz CT molecular complexity index is 398. The highest BCUT2D eigenvalue weighted by atomic mass is 79.9. The van der Waals surface area contributed by atoms with Gasteiger partial charge in [0.05, 0.1) is 21.1 Å². The van der Waals surface area contributed by atoms with E-state index in [0.29, 0.717) is 8.95 Å². The number of aromatic hydroxyl groups is 1. The molecule has 18 heavy (non-hydrogen) atoms. The van der Waals surface area contributed by atoms with E-state index in [4.69, 9.17) is 5.73 Å². The second kappa shape index (κ2) is 6.57. The maximum Gasteiger partial charge on any atom is 0.143 e. The molecular formula is C12H18Br2ClNO2. The smallest absolute Gasteiger partial charge is 0.143 e. The normalized spacial score (nSPS) is 14.8. The van der Waals surface area contributed by atoms with Crippen molar-refractivity contribution in [2.24, 2.45) is 11.1 Å². The summed E-state index contributed by atoms with van der Waals surface area (Å²) in [5, 5.41) is 19.8. The van der Waals surface area contributed by atoms with E-state index in [1.165, 1.54) is 0 Å². The van der Waals surface area contributed by atoms with Crippen LogP contribution in [0.15, 0.2) is 21.1 Å². The summed E-state index contributed by atoms with van der Waals surface area (Å²) in [6.07, 6.45) is -0.661. The van der Waals surface area contributed by atoms with Crippen molar-refractivity contribution >= 4 is 44.3 Å². The zero-order chi connectivity index (χ0) is 13.4. The van der Waals surface area contributed by atoms with E-state index < -0.39 is 12.1 Å². The van der Waals surface area contributed by atoms with E-state index >= 15 is 0 Å². The van der Waals surface area contributed by atoms with Crippen molar-refractivity contribution in [3.63, 3.8) is 0 Å². The Balaban J connectivity index is 0.00000289. The van der Waals surface area contributed by atoms with Gasteiger partial charge in [-0.1, -0.05) is 20.8 Å². The van der Waals surface area contributed by atoms with Crippen LogP contribution in [0, 0.1) is 5.41 Å². The van der Waals surface area contributed by atoms with Gasteiger partial charge < -0.3 is 15.9 Å². The van der Waals surface area contributed by atoms with E-state index in [-0.39, 0.29) is 23.6 Å². The summed E-state index contributed by atoms with van der Waals surface area (Å²) >= 11 is 6.50. The molecule has 0 aliphatic rings. The lowest BCUT2D eigenvalue weighted by atomic mass is 9.82. The third-order valence-corrected chi connectivity index (χ3v) is 3.86. The zero-order valence-corrected chi connectivity index (χ0v) is 14.4. The first-order valence-electron chi connectivity index (χ1n) is 5.26. The highest BCUT2D eigenvalue weighted by Gasteiger charge is 2.29. The average molecular weight is 404 g/mol. The van der Waals surface area contributed by atoms with Gasteiger partial charge in [-0.05, 0) is 55.0 Å². The Labute approximate surface area is 130 Å². The highest BCUT2D eigenvalue weighted by Crippen LogP contribution is 2.37. The number of rotatable bonds is 2. The van der Waals surface area contributed by atoms with Crippen LogP contribution >= 0.6 is 44.3 Å². The lowest BCUT2D eigenvalue weighted by Crippen LogP contribution is -2.36. The number of halogens is 3. The van der Waals surface area contributed by atoms with Gasteiger partial charge >= 0.3 is 0 Å². The Morgan fingerprint density at radius 1 is 1.17 bits per heavy atom. The van der Waals surface area contributed by atoms with Crippen LogP contribution in [0.25, 0.3) is 0 Å². The van der Waals surface area contributed by atoms with E-state index in [0.717, 1.165) is 5.56 Å². The van der Waals surface area contributed by atoms with Crippen LogP contribution in [0.5, 0.6) is 5.75 Å². The minimum absolute atomic E-state index is 0. The van der Waals surface area contributed by atoms with Crippen LogP contribution in [0.1, 0.15) is 32.4 Å². The molecule has 1 aromatic carbocycles. The second-order valence-corrected chi connectivity index (χ2v) is 6.88. The Morgan fingerprint density at radius 2 is 1.56 bits per heavy atom. The molecule has 0 amide bonds. The number of hydrogen-bond acceptors (Lipinski definition) is 3. The van der Waals surface area contributed by atoms with Gasteiger partial charge in [-0.15, -0.1) is 12.4 Å². The van der Waals surface area contributed by atoms with Crippen LogP contribution in [-0.2, 0) is 0 Å². The van der Waals surface area contributed by atoms with Crippen LogP contribution in [0.4, 0.5) is 0 Å². The molecule has 0 aromatic heterocycles. The summed E-state index contributed by atoms with van der Waals surface area (Å²) in [5.74, 6) is 0.131.